The molecule has 3 rings (SSSR count). The highest BCUT2D eigenvalue weighted by molar-refractivity contribution is 7.13. The second-order valence-corrected chi connectivity index (χ2v) is 5.93. The molecule has 0 aliphatic carbocycles. The van der Waals surface area contributed by atoms with Crippen LogP contribution < -0.4 is 5.32 Å². The molecular weight excluding hydrogens is 258 g/mol. The minimum Gasteiger partial charge on any atom is -0.379 e. The smallest absolute Gasteiger partial charge is 0.142 e. The van der Waals surface area contributed by atoms with E-state index in [0.717, 1.165) is 42.6 Å². The molecule has 19 heavy (non-hydrogen) atoms. The van der Waals surface area contributed by atoms with E-state index in [1.165, 1.54) is 0 Å². The molecule has 1 aliphatic heterocycles. The molecule has 1 N–H and O–H groups in total. The zero-order valence-corrected chi connectivity index (χ0v) is 11.7. The summed E-state index contributed by atoms with van der Waals surface area (Å²) in [6, 6.07) is 5.89. The zero-order chi connectivity index (χ0) is 13.1. The van der Waals surface area contributed by atoms with Gasteiger partial charge in [0.15, 0.2) is 0 Å². The van der Waals surface area contributed by atoms with Crippen molar-refractivity contribution in [3.63, 3.8) is 0 Å². The van der Waals surface area contributed by atoms with Crippen molar-refractivity contribution in [2.24, 2.45) is 0 Å². The first kappa shape index (κ1) is 12.7. The third-order valence-electron chi connectivity index (χ3n) is 3.35. The molecule has 1 atom stereocenters. The quantitative estimate of drug-likeness (QED) is 0.931. The Balaban J connectivity index is 1.65. The van der Waals surface area contributed by atoms with E-state index in [1.54, 1.807) is 17.5 Å². The number of nitrogens with zero attached hydrogens (tertiary/aromatic N) is 2. The van der Waals surface area contributed by atoms with Gasteiger partial charge in [-0.05, 0) is 25.5 Å². The van der Waals surface area contributed by atoms with Gasteiger partial charge in [0, 0.05) is 30.3 Å². The Kier molecular flexibility index (Phi) is 3.59. The Hall–Kier alpha value is -1.30. The molecule has 100 valence electrons. The Morgan fingerprint density at radius 3 is 3.16 bits per heavy atom. The monoisotopic (exact) mass is 275 g/mol. The average molecular weight is 275 g/mol. The van der Waals surface area contributed by atoms with Crippen LogP contribution in [0.4, 0.5) is 0 Å². The van der Waals surface area contributed by atoms with Gasteiger partial charge < -0.3 is 10.1 Å². The summed E-state index contributed by atoms with van der Waals surface area (Å²) < 4.78 is 5.43. The predicted octanol–water partition coefficient (Wildman–Crippen LogP) is 2.47. The van der Waals surface area contributed by atoms with Crippen molar-refractivity contribution in [3.05, 3.63) is 35.5 Å². The van der Waals surface area contributed by atoms with E-state index in [1.807, 2.05) is 18.2 Å². The van der Waals surface area contributed by atoms with Crippen LogP contribution in [-0.2, 0) is 11.3 Å². The number of hydrogen-bond donors (Lipinski definition) is 1. The van der Waals surface area contributed by atoms with E-state index >= 15 is 0 Å². The number of thiazole rings is 1. The molecule has 0 saturated carbocycles. The van der Waals surface area contributed by atoms with Crippen LogP contribution in [-0.4, -0.2) is 28.7 Å². The molecule has 2 aromatic heterocycles. The molecule has 5 heteroatoms. The maximum Gasteiger partial charge on any atom is 0.142 e. The second kappa shape index (κ2) is 5.36. The maximum atomic E-state index is 5.43. The van der Waals surface area contributed by atoms with E-state index in [0.29, 0.717) is 0 Å². The number of nitrogens with one attached hydrogen (secondary N) is 1. The van der Waals surface area contributed by atoms with Crippen molar-refractivity contribution in [3.8, 4) is 10.7 Å². The van der Waals surface area contributed by atoms with Gasteiger partial charge in [-0.3, -0.25) is 4.98 Å². The fourth-order valence-corrected chi connectivity index (χ4v) is 2.90. The minimum absolute atomic E-state index is 0.0920. The second-order valence-electron chi connectivity index (χ2n) is 5.08. The van der Waals surface area contributed by atoms with Gasteiger partial charge in [0.1, 0.15) is 5.01 Å². The molecule has 0 bridgehead atoms. The van der Waals surface area contributed by atoms with Crippen LogP contribution in [0.1, 0.15) is 19.0 Å². The molecule has 1 aliphatic rings. The lowest BCUT2D eigenvalue weighted by molar-refractivity contribution is 0.171. The summed E-state index contributed by atoms with van der Waals surface area (Å²) in [5, 5.41) is 6.61. The van der Waals surface area contributed by atoms with Crippen LogP contribution in [0.25, 0.3) is 10.7 Å². The summed E-state index contributed by atoms with van der Waals surface area (Å²) >= 11 is 1.64. The highest BCUT2D eigenvalue weighted by atomic mass is 32.1. The Morgan fingerprint density at radius 1 is 1.47 bits per heavy atom. The molecule has 2 aromatic rings. The molecule has 1 fully saturated rings. The highest BCUT2D eigenvalue weighted by Gasteiger charge is 2.28. The lowest BCUT2D eigenvalue weighted by atomic mass is 10.0. The highest BCUT2D eigenvalue weighted by Crippen LogP contribution is 2.22. The van der Waals surface area contributed by atoms with Gasteiger partial charge in [-0.1, -0.05) is 6.07 Å². The summed E-state index contributed by atoms with van der Waals surface area (Å²) in [6.07, 6.45) is 2.86. The summed E-state index contributed by atoms with van der Waals surface area (Å²) in [6.45, 7) is 4.61. The van der Waals surface area contributed by atoms with Crippen molar-refractivity contribution < 1.29 is 4.74 Å². The normalized spacial score (nSPS) is 22.8. The zero-order valence-electron chi connectivity index (χ0n) is 10.9. The minimum atomic E-state index is 0.0920. The molecule has 1 unspecified atom stereocenters. The van der Waals surface area contributed by atoms with E-state index in [9.17, 15) is 0 Å². The van der Waals surface area contributed by atoms with Gasteiger partial charge in [-0.25, -0.2) is 4.98 Å². The summed E-state index contributed by atoms with van der Waals surface area (Å²) in [7, 11) is 0. The fraction of sp³-hybridized carbons (Fsp3) is 0.429. The number of rotatable bonds is 4. The van der Waals surface area contributed by atoms with Gasteiger partial charge in [0.2, 0.25) is 0 Å². The number of hydrogen-bond acceptors (Lipinski definition) is 5. The summed E-state index contributed by atoms with van der Waals surface area (Å²) in [5.74, 6) is 0. The largest absolute Gasteiger partial charge is 0.379 e. The van der Waals surface area contributed by atoms with Crippen molar-refractivity contribution >= 4 is 11.3 Å². The third kappa shape index (κ3) is 3.00. The van der Waals surface area contributed by atoms with Gasteiger partial charge in [-0.15, -0.1) is 11.3 Å². The third-order valence-corrected chi connectivity index (χ3v) is 4.26. The van der Waals surface area contributed by atoms with E-state index < -0.39 is 0 Å². The Morgan fingerprint density at radius 2 is 2.42 bits per heavy atom. The lowest BCUT2D eigenvalue weighted by Gasteiger charge is -2.22. The molecule has 0 amide bonds. The first-order chi connectivity index (χ1) is 9.25. The van der Waals surface area contributed by atoms with Gasteiger partial charge in [0.25, 0.3) is 0 Å². The van der Waals surface area contributed by atoms with Crippen LogP contribution in [0.5, 0.6) is 0 Å². The maximum absolute atomic E-state index is 5.43. The van der Waals surface area contributed by atoms with Crippen molar-refractivity contribution in [1.82, 2.24) is 15.3 Å². The van der Waals surface area contributed by atoms with Crippen LogP contribution >= 0.6 is 11.3 Å². The van der Waals surface area contributed by atoms with Gasteiger partial charge >= 0.3 is 0 Å². The van der Waals surface area contributed by atoms with Crippen LogP contribution in [0.2, 0.25) is 0 Å². The number of ether oxygens (including phenoxy) is 1. The molecule has 1 saturated heterocycles. The van der Waals surface area contributed by atoms with Gasteiger partial charge in [0.05, 0.1) is 18.0 Å². The van der Waals surface area contributed by atoms with Crippen LogP contribution in [0.3, 0.4) is 0 Å². The molecule has 0 radical (unpaired) electrons. The number of pyridine rings is 1. The first-order valence-electron chi connectivity index (χ1n) is 6.44. The molecule has 4 nitrogen and oxygen atoms in total. The Labute approximate surface area is 116 Å². The van der Waals surface area contributed by atoms with Crippen LogP contribution in [0.15, 0.2) is 29.8 Å². The molecule has 0 aromatic carbocycles. The van der Waals surface area contributed by atoms with Crippen LogP contribution in [0, 0.1) is 0 Å². The standard InChI is InChI=1S/C14H17N3OS/c1-14(5-7-18-10-14)16-8-11-9-19-13(17-11)12-4-2-3-6-15-12/h2-4,6,9,16H,5,7-8,10H2,1H3. The van der Waals surface area contributed by atoms with Crippen molar-refractivity contribution in [2.75, 3.05) is 13.2 Å². The predicted molar refractivity (Wildman–Crippen MR) is 76.0 cm³/mol. The first-order valence-corrected chi connectivity index (χ1v) is 7.32. The average Bonchev–Trinajstić information content (AvgIpc) is 3.07. The SMILES string of the molecule is CC1(NCc2csc(-c3ccccn3)n2)CCOC1. The lowest BCUT2D eigenvalue weighted by Crippen LogP contribution is -2.42. The summed E-state index contributed by atoms with van der Waals surface area (Å²) in [4.78, 5) is 8.95. The van der Waals surface area contributed by atoms with E-state index in [-0.39, 0.29) is 5.54 Å². The van der Waals surface area contributed by atoms with Crippen molar-refractivity contribution in [2.45, 2.75) is 25.4 Å². The Bertz CT molecular complexity index is 535. The topological polar surface area (TPSA) is 47.0 Å². The van der Waals surface area contributed by atoms with Gasteiger partial charge in [-0.2, -0.15) is 0 Å². The molecule has 0 spiro atoms. The molecule has 3 heterocycles. The number of aromatic nitrogens is 2. The molecular formula is C14H17N3OS. The summed E-state index contributed by atoms with van der Waals surface area (Å²) in [5.41, 5.74) is 2.10. The van der Waals surface area contributed by atoms with Crippen molar-refractivity contribution in [1.29, 1.82) is 0 Å². The van der Waals surface area contributed by atoms with E-state index in [2.05, 4.69) is 27.6 Å². The van der Waals surface area contributed by atoms with E-state index in [4.69, 9.17) is 4.74 Å². The fourth-order valence-electron chi connectivity index (χ4n) is 2.11.